The van der Waals surface area contributed by atoms with Crippen molar-refractivity contribution in [3.05, 3.63) is 17.3 Å². The minimum Gasteiger partial charge on any atom is -0.443 e. The number of hydrogen-bond donors (Lipinski definition) is 1. The van der Waals surface area contributed by atoms with E-state index in [0.29, 0.717) is 18.6 Å². The first-order valence-electron chi connectivity index (χ1n) is 5.88. The number of hydrogen-bond acceptors (Lipinski definition) is 4. The van der Waals surface area contributed by atoms with Crippen LogP contribution in [0.25, 0.3) is 0 Å². The maximum absolute atomic E-state index is 5.72. The summed E-state index contributed by atoms with van der Waals surface area (Å²) >= 11 is 0. The van der Waals surface area contributed by atoms with Crippen molar-refractivity contribution in [1.29, 1.82) is 0 Å². The largest absolute Gasteiger partial charge is 0.443 e. The van der Waals surface area contributed by atoms with Crippen molar-refractivity contribution >= 4 is 0 Å². The van der Waals surface area contributed by atoms with Gasteiger partial charge in [0.05, 0.1) is 11.8 Å². The lowest BCUT2D eigenvalue weighted by Crippen LogP contribution is -2.36. The summed E-state index contributed by atoms with van der Waals surface area (Å²) in [4.78, 5) is 4.29. The van der Waals surface area contributed by atoms with Gasteiger partial charge in [0.25, 0.3) is 0 Å². The summed E-state index contributed by atoms with van der Waals surface area (Å²) < 4.78 is 11.2. The van der Waals surface area contributed by atoms with E-state index in [1.165, 1.54) is 0 Å². The molecule has 1 aromatic rings. The fourth-order valence-corrected chi connectivity index (χ4v) is 2.06. The molecule has 1 heterocycles. The Hall–Kier alpha value is -0.870. The molecule has 0 aliphatic heterocycles. The molecule has 2 rings (SSSR count). The highest BCUT2D eigenvalue weighted by Crippen LogP contribution is 2.30. The normalized spacial score (nSPS) is 24.4. The zero-order valence-corrected chi connectivity index (χ0v) is 10.2. The maximum Gasteiger partial charge on any atom is 0.220 e. The van der Waals surface area contributed by atoms with Crippen molar-refractivity contribution in [1.82, 2.24) is 10.3 Å². The Bertz CT molecular complexity index is 323. The summed E-state index contributed by atoms with van der Waals surface area (Å²) in [5.74, 6) is 2.37. The van der Waals surface area contributed by atoms with Gasteiger partial charge in [0.1, 0.15) is 12.4 Å². The predicted octanol–water partition coefficient (Wildman–Crippen LogP) is 1.81. The molecule has 0 aromatic carbocycles. The molecule has 1 aliphatic carbocycles. The first kappa shape index (κ1) is 11.6. The first-order valence-corrected chi connectivity index (χ1v) is 5.88. The molecule has 16 heavy (non-hydrogen) atoms. The molecule has 1 aliphatic rings. The second-order valence-corrected chi connectivity index (χ2v) is 4.58. The van der Waals surface area contributed by atoms with E-state index >= 15 is 0 Å². The lowest BCUT2D eigenvalue weighted by Gasteiger charge is -2.34. The topological polar surface area (TPSA) is 47.3 Å². The van der Waals surface area contributed by atoms with Gasteiger partial charge in [-0.2, -0.15) is 0 Å². The van der Waals surface area contributed by atoms with Crippen LogP contribution in [0.5, 0.6) is 0 Å². The van der Waals surface area contributed by atoms with Crippen molar-refractivity contribution in [3.63, 3.8) is 0 Å². The Morgan fingerprint density at radius 1 is 1.44 bits per heavy atom. The Labute approximate surface area is 96.4 Å². The maximum atomic E-state index is 5.72. The quantitative estimate of drug-likeness (QED) is 0.828. The van der Waals surface area contributed by atoms with Gasteiger partial charge in [-0.1, -0.05) is 0 Å². The molecule has 1 aromatic heterocycles. The lowest BCUT2D eigenvalue weighted by molar-refractivity contribution is -0.0463. The van der Waals surface area contributed by atoms with Crippen LogP contribution >= 0.6 is 0 Å². The number of nitrogens with one attached hydrogen (secondary N) is 1. The molecule has 90 valence electrons. The van der Waals surface area contributed by atoms with Crippen LogP contribution in [-0.2, 0) is 11.3 Å². The van der Waals surface area contributed by atoms with E-state index in [0.717, 1.165) is 36.8 Å². The van der Waals surface area contributed by atoms with E-state index < -0.39 is 0 Å². The average Bonchev–Trinajstić information content (AvgIpc) is 2.50. The predicted molar refractivity (Wildman–Crippen MR) is 61.2 cm³/mol. The fourth-order valence-electron chi connectivity index (χ4n) is 2.06. The average molecular weight is 224 g/mol. The van der Waals surface area contributed by atoms with E-state index in [1.54, 1.807) is 0 Å². The third-order valence-electron chi connectivity index (χ3n) is 3.20. The van der Waals surface area contributed by atoms with E-state index in [-0.39, 0.29) is 0 Å². The zero-order chi connectivity index (χ0) is 11.5. The van der Waals surface area contributed by atoms with E-state index in [1.807, 2.05) is 20.9 Å². The van der Waals surface area contributed by atoms with Crippen LogP contribution in [0, 0.1) is 19.8 Å². The van der Waals surface area contributed by atoms with Gasteiger partial charge in [-0.15, -0.1) is 0 Å². The molecule has 0 amide bonds. The van der Waals surface area contributed by atoms with Gasteiger partial charge in [-0.25, -0.2) is 4.98 Å². The molecule has 0 bridgehead atoms. The number of nitrogens with zero attached hydrogens (tertiary/aromatic N) is 1. The molecular weight excluding hydrogens is 204 g/mol. The molecule has 1 N–H and O–H groups in total. The van der Waals surface area contributed by atoms with Crippen LogP contribution < -0.4 is 5.32 Å². The highest BCUT2D eigenvalue weighted by atomic mass is 16.5. The third-order valence-corrected chi connectivity index (χ3v) is 3.20. The summed E-state index contributed by atoms with van der Waals surface area (Å²) in [5, 5.41) is 3.19. The SMILES string of the molecule is CNCC1CC(OCc2nc(C)c(C)o2)C1. The molecule has 1 fully saturated rings. The third kappa shape index (κ3) is 2.62. The van der Waals surface area contributed by atoms with Crippen LogP contribution in [0.3, 0.4) is 0 Å². The summed E-state index contributed by atoms with van der Waals surface area (Å²) in [5.41, 5.74) is 0.959. The van der Waals surface area contributed by atoms with E-state index in [2.05, 4.69) is 10.3 Å². The van der Waals surface area contributed by atoms with Crippen LogP contribution in [0.2, 0.25) is 0 Å². The molecule has 4 nitrogen and oxygen atoms in total. The number of aryl methyl sites for hydroxylation is 2. The van der Waals surface area contributed by atoms with E-state index in [9.17, 15) is 0 Å². The summed E-state index contributed by atoms with van der Waals surface area (Å²) in [6.07, 6.45) is 2.70. The van der Waals surface area contributed by atoms with Gasteiger partial charge in [0.15, 0.2) is 0 Å². The van der Waals surface area contributed by atoms with Crippen molar-refractivity contribution in [2.24, 2.45) is 5.92 Å². The minimum absolute atomic E-state index is 0.394. The molecule has 1 saturated carbocycles. The summed E-state index contributed by atoms with van der Waals surface area (Å²) in [6, 6.07) is 0. The highest BCUT2D eigenvalue weighted by Gasteiger charge is 2.29. The Morgan fingerprint density at radius 2 is 2.19 bits per heavy atom. The Kier molecular flexibility index (Phi) is 3.61. The van der Waals surface area contributed by atoms with E-state index in [4.69, 9.17) is 9.15 Å². The van der Waals surface area contributed by atoms with Gasteiger partial charge in [-0.3, -0.25) is 0 Å². The number of oxazole rings is 1. The number of aromatic nitrogens is 1. The van der Waals surface area contributed by atoms with Crippen molar-refractivity contribution < 1.29 is 9.15 Å². The fraction of sp³-hybridized carbons (Fsp3) is 0.750. The van der Waals surface area contributed by atoms with Crippen molar-refractivity contribution in [2.75, 3.05) is 13.6 Å². The molecule has 0 saturated heterocycles. The first-order chi connectivity index (χ1) is 7.69. The second-order valence-electron chi connectivity index (χ2n) is 4.58. The van der Waals surface area contributed by atoms with Gasteiger partial charge >= 0.3 is 0 Å². The van der Waals surface area contributed by atoms with Gasteiger partial charge in [-0.05, 0) is 46.2 Å². The molecular formula is C12H20N2O2. The minimum atomic E-state index is 0.394. The molecule has 0 spiro atoms. The summed E-state index contributed by atoms with van der Waals surface area (Å²) in [6.45, 7) is 5.48. The van der Waals surface area contributed by atoms with Crippen LogP contribution in [0.15, 0.2) is 4.42 Å². The highest BCUT2D eigenvalue weighted by molar-refractivity contribution is 5.04. The van der Waals surface area contributed by atoms with Gasteiger partial charge in [0, 0.05) is 0 Å². The standard InChI is InChI=1S/C12H20N2O2/c1-8-9(2)16-12(14-8)7-15-11-4-10(5-11)6-13-3/h10-11,13H,4-7H2,1-3H3. The zero-order valence-electron chi connectivity index (χ0n) is 10.2. The lowest BCUT2D eigenvalue weighted by atomic mass is 9.82. The van der Waals surface area contributed by atoms with Crippen LogP contribution in [0.1, 0.15) is 30.2 Å². The number of rotatable bonds is 5. The van der Waals surface area contributed by atoms with Crippen molar-refractivity contribution in [3.8, 4) is 0 Å². The molecule has 0 unspecified atom stereocenters. The Balaban J connectivity index is 1.69. The molecule has 0 radical (unpaired) electrons. The smallest absolute Gasteiger partial charge is 0.220 e. The van der Waals surface area contributed by atoms with Crippen molar-refractivity contribution in [2.45, 2.75) is 39.4 Å². The Morgan fingerprint density at radius 3 is 2.75 bits per heavy atom. The van der Waals surface area contributed by atoms with Gasteiger partial charge < -0.3 is 14.5 Å². The molecule has 4 heteroatoms. The monoisotopic (exact) mass is 224 g/mol. The number of ether oxygens (including phenoxy) is 1. The second kappa shape index (κ2) is 4.97. The molecule has 0 atom stereocenters. The van der Waals surface area contributed by atoms with Gasteiger partial charge in [0.2, 0.25) is 5.89 Å². The summed E-state index contributed by atoms with van der Waals surface area (Å²) in [7, 11) is 1.99. The van der Waals surface area contributed by atoms with Crippen LogP contribution in [0.4, 0.5) is 0 Å². The van der Waals surface area contributed by atoms with Crippen LogP contribution in [-0.4, -0.2) is 24.7 Å².